The van der Waals surface area contributed by atoms with Crippen LogP contribution < -0.4 is 5.32 Å². The zero-order chi connectivity index (χ0) is 10.5. The van der Waals surface area contributed by atoms with Crippen molar-refractivity contribution in [3.63, 3.8) is 0 Å². The van der Waals surface area contributed by atoms with Gasteiger partial charge in [0.2, 0.25) is 0 Å². The van der Waals surface area contributed by atoms with Gasteiger partial charge in [0.05, 0.1) is 6.04 Å². The zero-order valence-corrected chi connectivity index (χ0v) is 9.70. The third kappa shape index (κ3) is 4.79. The Kier molecular flexibility index (Phi) is 4.86. The van der Waals surface area contributed by atoms with Crippen molar-refractivity contribution < 1.29 is 0 Å². The van der Waals surface area contributed by atoms with Crippen molar-refractivity contribution in [1.82, 2.24) is 5.32 Å². The van der Waals surface area contributed by atoms with Crippen LogP contribution >= 0.6 is 11.8 Å². The summed E-state index contributed by atoms with van der Waals surface area (Å²) in [7, 11) is 0. The van der Waals surface area contributed by atoms with Gasteiger partial charge in [-0.2, -0.15) is 5.26 Å². The van der Waals surface area contributed by atoms with Crippen molar-refractivity contribution in [3.05, 3.63) is 0 Å². The second kappa shape index (κ2) is 5.13. The molecule has 4 heteroatoms. The van der Waals surface area contributed by atoms with Crippen molar-refractivity contribution in [2.24, 2.45) is 10.4 Å². The predicted octanol–water partition coefficient (Wildman–Crippen LogP) is 2.21. The van der Waals surface area contributed by atoms with E-state index < -0.39 is 0 Å². The molecule has 0 fully saturated rings. The highest BCUT2D eigenvalue weighted by Gasteiger charge is 2.19. The van der Waals surface area contributed by atoms with Gasteiger partial charge in [-0.05, 0) is 18.6 Å². The molecule has 0 rings (SSSR count). The fourth-order valence-corrected chi connectivity index (χ4v) is 0.965. The Morgan fingerprint density at radius 1 is 1.54 bits per heavy atom. The van der Waals surface area contributed by atoms with E-state index >= 15 is 0 Å². The van der Waals surface area contributed by atoms with Gasteiger partial charge in [0.1, 0.15) is 0 Å². The van der Waals surface area contributed by atoms with E-state index in [0.29, 0.717) is 5.17 Å². The first-order valence-electron chi connectivity index (χ1n) is 4.18. The average Bonchev–Trinajstić information content (AvgIpc) is 2.01. The molecule has 0 aliphatic rings. The molecule has 74 valence electrons. The van der Waals surface area contributed by atoms with Crippen LogP contribution in [-0.2, 0) is 0 Å². The maximum absolute atomic E-state index is 8.43. The molecule has 0 heterocycles. The minimum absolute atomic E-state index is 0.137. The van der Waals surface area contributed by atoms with Crippen LogP contribution in [0.2, 0.25) is 0 Å². The van der Waals surface area contributed by atoms with E-state index in [0.717, 1.165) is 0 Å². The highest BCUT2D eigenvalue weighted by molar-refractivity contribution is 8.13. The molecular formula is C9H17N3S. The SMILES string of the molecule is CSC(=N[C@H](C)C(C)(C)C)NC#N. The quantitative estimate of drug-likeness (QED) is 0.305. The van der Waals surface area contributed by atoms with Crippen LogP contribution in [-0.4, -0.2) is 17.5 Å². The van der Waals surface area contributed by atoms with Crippen LogP contribution in [0.5, 0.6) is 0 Å². The molecule has 0 saturated carbocycles. The Morgan fingerprint density at radius 3 is 2.38 bits per heavy atom. The summed E-state index contributed by atoms with van der Waals surface area (Å²) in [5.74, 6) is 0. The molecule has 0 saturated heterocycles. The molecule has 0 bridgehead atoms. The zero-order valence-electron chi connectivity index (χ0n) is 8.88. The maximum Gasteiger partial charge on any atom is 0.183 e. The molecule has 0 aliphatic carbocycles. The van der Waals surface area contributed by atoms with Gasteiger partial charge < -0.3 is 0 Å². The Morgan fingerprint density at radius 2 is 2.08 bits per heavy atom. The fraction of sp³-hybridized carbons (Fsp3) is 0.778. The lowest BCUT2D eigenvalue weighted by atomic mass is 9.89. The Bertz CT molecular complexity index is 222. The van der Waals surface area contributed by atoms with Crippen molar-refractivity contribution in [1.29, 1.82) is 5.26 Å². The molecule has 0 aliphatic heterocycles. The normalized spacial score (nSPS) is 14.9. The fourth-order valence-electron chi connectivity index (χ4n) is 0.553. The van der Waals surface area contributed by atoms with E-state index in [1.54, 1.807) is 0 Å². The van der Waals surface area contributed by atoms with Gasteiger partial charge in [-0.25, -0.2) is 0 Å². The van der Waals surface area contributed by atoms with Crippen LogP contribution in [0.3, 0.4) is 0 Å². The summed E-state index contributed by atoms with van der Waals surface area (Å²) in [4.78, 5) is 4.40. The molecule has 1 atom stereocenters. The first-order chi connectivity index (χ1) is 5.91. The Labute approximate surface area is 84.6 Å². The number of nitrogens with zero attached hydrogens (tertiary/aromatic N) is 2. The number of aliphatic imine (C=N–C) groups is 1. The molecule has 0 unspecified atom stereocenters. The molecule has 0 aromatic heterocycles. The number of hydrogen-bond acceptors (Lipinski definition) is 3. The molecule has 0 radical (unpaired) electrons. The smallest absolute Gasteiger partial charge is 0.183 e. The van der Waals surface area contributed by atoms with E-state index in [4.69, 9.17) is 5.26 Å². The standard InChI is InChI=1S/C9H17N3S/c1-7(9(2,3)4)12-8(13-5)11-6-10/h7H,1-5H3,(H,11,12)/t7-/m1/s1. The third-order valence-electron chi connectivity index (χ3n) is 1.92. The van der Waals surface area contributed by atoms with Gasteiger partial charge in [0, 0.05) is 0 Å². The van der Waals surface area contributed by atoms with Crippen molar-refractivity contribution >= 4 is 16.9 Å². The maximum atomic E-state index is 8.43. The van der Waals surface area contributed by atoms with E-state index in [-0.39, 0.29) is 11.5 Å². The van der Waals surface area contributed by atoms with E-state index in [1.807, 2.05) is 12.4 Å². The molecule has 13 heavy (non-hydrogen) atoms. The van der Waals surface area contributed by atoms with Gasteiger partial charge in [-0.1, -0.05) is 32.5 Å². The second-order valence-electron chi connectivity index (χ2n) is 3.92. The summed E-state index contributed by atoms with van der Waals surface area (Å²) in [5.41, 5.74) is 0.137. The molecule has 0 aromatic carbocycles. The van der Waals surface area contributed by atoms with Gasteiger partial charge >= 0.3 is 0 Å². The van der Waals surface area contributed by atoms with Crippen molar-refractivity contribution in [2.45, 2.75) is 33.7 Å². The Hall–Kier alpha value is -0.690. The highest BCUT2D eigenvalue weighted by Crippen LogP contribution is 2.22. The lowest BCUT2D eigenvalue weighted by Crippen LogP contribution is -2.25. The van der Waals surface area contributed by atoms with Gasteiger partial charge in [0.15, 0.2) is 11.4 Å². The van der Waals surface area contributed by atoms with E-state index in [2.05, 4.69) is 38.0 Å². The van der Waals surface area contributed by atoms with Gasteiger partial charge in [-0.15, -0.1) is 0 Å². The molecular weight excluding hydrogens is 182 g/mol. The predicted molar refractivity (Wildman–Crippen MR) is 58.6 cm³/mol. The first kappa shape index (κ1) is 12.3. The van der Waals surface area contributed by atoms with Crippen LogP contribution in [0.15, 0.2) is 4.99 Å². The number of amidine groups is 1. The van der Waals surface area contributed by atoms with Crippen LogP contribution in [0.4, 0.5) is 0 Å². The molecule has 0 aromatic rings. The summed E-state index contributed by atoms with van der Waals surface area (Å²) in [6, 6.07) is 0.204. The summed E-state index contributed by atoms with van der Waals surface area (Å²) in [6.45, 7) is 8.44. The van der Waals surface area contributed by atoms with Crippen LogP contribution in [0, 0.1) is 16.9 Å². The third-order valence-corrected chi connectivity index (χ3v) is 2.51. The first-order valence-corrected chi connectivity index (χ1v) is 5.41. The van der Waals surface area contributed by atoms with Crippen LogP contribution in [0.1, 0.15) is 27.7 Å². The molecule has 0 amide bonds. The number of hydrogen-bond donors (Lipinski definition) is 1. The van der Waals surface area contributed by atoms with Gasteiger partial charge in [0.25, 0.3) is 0 Å². The number of thioether (sulfide) groups is 1. The number of nitriles is 1. The largest absolute Gasteiger partial charge is 0.272 e. The summed E-state index contributed by atoms with van der Waals surface area (Å²) >= 11 is 1.46. The van der Waals surface area contributed by atoms with Crippen LogP contribution in [0.25, 0.3) is 0 Å². The topological polar surface area (TPSA) is 48.2 Å². The van der Waals surface area contributed by atoms with E-state index in [9.17, 15) is 0 Å². The number of rotatable bonds is 1. The highest BCUT2D eigenvalue weighted by atomic mass is 32.2. The monoisotopic (exact) mass is 199 g/mol. The lowest BCUT2D eigenvalue weighted by molar-refractivity contribution is 0.342. The number of nitrogens with one attached hydrogen (secondary N) is 1. The molecule has 3 nitrogen and oxygen atoms in total. The van der Waals surface area contributed by atoms with Crippen molar-refractivity contribution in [2.75, 3.05) is 6.26 Å². The molecule has 0 spiro atoms. The van der Waals surface area contributed by atoms with Gasteiger partial charge in [-0.3, -0.25) is 10.3 Å². The summed E-state index contributed by atoms with van der Waals surface area (Å²) < 4.78 is 0. The lowest BCUT2D eigenvalue weighted by Gasteiger charge is -2.23. The second-order valence-corrected chi connectivity index (χ2v) is 4.71. The van der Waals surface area contributed by atoms with Crippen molar-refractivity contribution in [3.8, 4) is 6.19 Å². The van der Waals surface area contributed by atoms with E-state index in [1.165, 1.54) is 11.8 Å². The minimum atomic E-state index is 0.137. The molecule has 1 N–H and O–H groups in total. The average molecular weight is 199 g/mol. The minimum Gasteiger partial charge on any atom is -0.272 e. The summed E-state index contributed by atoms with van der Waals surface area (Å²) in [5, 5.41) is 11.7. The Balaban J connectivity index is 4.43. The summed E-state index contributed by atoms with van der Waals surface area (Å²) in [6.07, 6.45) is 3.78.